The fraction of sp³-hybridized carbons (Fsp3) is 0.333. The monoisotopic (exact) mass is 253 g/mol. The van der Waals surface area contributed by atoms with Crippen LogP contribution >= 0.6 is 0 Å². The minimum Gasteiger partial charge on any atom is -0.478 e. The van der Waals surface area contributed by atoms with Crippen LogP contribution in [-0.2, 0) is 4.79 Å². The lowest BCUT2D eigenvalue weighted by molar-refractivity contribution is -0.121. The summed E-state index contributed by atoms with van der Waals surface area (Å²) in [6.07, 6.45) is -3.33. The summed E-state index contributed by atoms with van der Waals surface area (Å²) in [4.78, 5) is 21.7. The molecule has 1 amide bonds. The van der Waals surface area contributed by atoms with Crippen molar-refractivity contribution in [2.75, 3.05) is 0 Å². The van der Waals surface area contributed by atoms with Crippen LogP contribution in [0.5, 0.6) is 0 Å². The molecule has 0 aliphatic heterocycles. The lowest BCUT2D eigenvalue weighted by atomic mass is 9.95. The number of aliphatic hydroxyl groups excluding tert-OH is 2. The first kappa shape index (κ1) is 14.1. The SMILES string of the molecule is Cc1ccc(C(=O)O)c(C(O)C(O)CC(N)=O)c1. The Bertz CT molecular complexity index is 472. The smallest absolute Gasteiger partial charge is 0.336 e. The highest BCUT2D eigenvalue weighted by Gasteiger charge is 2.24. The second-order valence-electron chi connectivity index (χ2n) is 4.08. The van der Waals surface area contributed by atoms with Crippen molar-refractivity contribution in [3.8, 4) is 0 Å². The van der Waals surface area contributed by atoms with Crippen molar-refractivity contribution >= 4 is 11.9 Å². The Labute approximate surface area is 104 Å². The van der Waals surface area contributed by atoms with Gasteiger partial charge in [-0.2, -0.15) is 0 Å². The van der Waals surface area contributed by atoms with Gasteiger partial charge in [0.25, 0.3) is 0 Å². The van der Waals surface area contributed by atoms with Gasteiger partial charge < -0.3 is 21.1 Å². The molecule has 1 aromatic rings. The predicted octanol–water partition coefficient (Wildman–Crippen LogP) is -0.0371. The topological polar surface area (TPSA) is 121 Å². The van der Waals surface area contributed by atoms with E-state index in [9.17, 15) is 19.8 Å². The van der Waals surface area contributed by atoms with Gasteiger partial charge >= 0.3 is 5.97 Å². The summed E-state index contributed by atoms with van der Waals surface area (Å²) in [5.74, 6) is -1.98. The summed E-state index contributed by atoms with van der Waals surface area (Å²) in [7, 11) is 0. The van der Waals surface area contributed by atoms with E-state index in [1.165, 1.54) is 12.1 Å². The normalized spacial score (nSPS) is 13.9. The number of aromatic carboxylic acids is 1. The number of hydrogen-bond donors (Lipinski definition) is 4. The zero-order valence-electron chi connectivity index (χ0n) is 9.83. The summed E-state index contributed by atoms with van der Waals surface area (Å²) in [6, 6.07) is 4.38. The van der Waals surface area contributed by atoms with Crippen LogP contribution in [0.15, 0.2) is 18.2 Å². The average molecular weight is 253 g/mol. The molecule has 2 unspecified atom stereocenters. The van der Waals surface area contributed by atoms with Gasteiger partial charge in [-0.15, -0.1) is 0 Å². The van der Waals surface area contributed by atoms with Crippen LogP contribution < -0.4 is 5.73 Å². The molecule has 0 aliphatic rings. The maximum Gasteiger partial charge on any atom is 0.336 e. The lowest BCUT2D eigenvalue weighted by Gasteiger charge is -2.19. The fourth-order valence-corrected chi connectivity index (χ4v) is 1.65. The number of aliphatic hydroxyl groups is 2. The number of benzene rings is 1. The van der Waals surface area contributed by atoms with E-state index in [1.807, 2.05) is 0 Å². The number of carboxylic acids is 1. The minimum absolute atomic E-state index is 0.0660. The van der Waals surface area contributed by atoms with Crippen molar-refractivity contribution in [2.24, 2.45) is 5.73 Å². The zero-order chi connectivity index (χ0) is 13.9. The number of carbonyl (C=O) groups is 2. The third-order valence-electron chi connectivity index (χ3n) is 2.53. The van der Waals surface area contributed by atoms with Crippen molar-refractivity contribution < 1.29 is 24.9 Å². The molecule has 0 aromatic heterocycles. The van der Waals surface area contributed by atoms with E-state index in [2.05, 4.69) is 0 Å². The fourth-order valence-electron chi connectivity index (χ4n) is 1.65. The second kappa shape index (κ2) is 5.61. The van der Waals surface area contributed by atoms with Crippen molar-refractivity contribution in [1.82, 2.24) is 0 Å². The molecule has 0 heterocycles. The Morgan fingerprint density at radius 2 is 1.94 bits per heavy atom. The predicted molar refractivity (Wildman–Crippen MR) is 62.9 cm³/mol. The molecule has 0 radical (unpaired) electrons. The number of carboxylic acid groups (broad SMARTS) is 1. The van der Waals surface area contributed by atoms with E-state index >= 15 is 0 Å². The van der Waals surface area contributed by atoms with E-state index in [-0.39, 0.29) is 11.1 Å². The number of carbonyl (C=O) groups excluding carboxylic acids is 1. The number of amides is 1. The van der Waals surface area contributed by atoms with Crippen LogP contribution in [0.3, 0.4) is 0 Å². The molecule has 2 atom stereocenters. The quantitative estimate of drug-likeness (QED) is 0.587. The largest absolute Gasteiger partial charge is 0.478 e. The van der Waals surface area contributed by atoms with Crippen LogP contribution in [0.25, 0.3) is 0 Å². The average Bonchev–Trinajstić information content (AvgIpc) is 2.26. The van der Waals surface area contributed by atoms with Gasteiger partial charge in [-0.25, -0.2) is 4.79 Å². The number of nitrogens with two attached hydrogens (primary N) is 1. The van der Waals surface area contributed by atoms with Crippen molar-refractivity contribution in [2.45, 2.75) is 25.6 Å². The Balaban J connectivity index is 3.10. The van der Waals surface area contributed by atoms with Gasteiger partial charge in [-0.1, -0.05) is 17.7 Å². The molecule has 0 spiro atoms. The molecule has 1 aromatic carbocycles. The minimum atomic E-state index is -1.47. The molecule has 0 fully saturated rings. The summed E-state index contributed by atoms with van der Waals surface area (Å²) >= 11 is 0. The first-order valence-corrected chi connectivity index (χ1v) is 5.31. The molecule has 1 rings (SSSR count). The summed E-state index contributed by atoms with van der Waals surface area (Å²) in [5, 5.41) is 28.5. The van der Waals surface area contributed by atoms with Crippen LogP contribution in [-0.4, -0.2) is 33.3 Å². The van der Waals surface area contributed by atoms with Crippen LogP contribution in [0.1, 0.15) is 34.0 Å². The molecular formula is C12H15NO5. The van der Waals surface area contributed by atoms with Gasteiger partial charge in [0, 0.05) is 0 Å². The van der Waals surface area contributed by atoms with Crippen molar-refractivity contribution in [3.63, 3.8) is 0 Å². The molecule has 0 bridgehead atoms. The molecule has 0 aliphatic carbocycles. The summed E-state index contributed by atoms with van der Waals surface area (Å²) in [5.41, 5.74) is 5.60. The summed E-state index contributed by atoms with van der Waals surface area (Å²) < 4.78 is 0. The first-order chi connectivity index (χ1) is 8.32. The van der Waals surface area contributed by atoms with Gasteiger partial charge in [0.2, 0.25) is 5.91 Å². The standard InChI is InChI=1S/C12H15NO5/c1-6-2-3-7(12(17)18)8(4-6)11(16)9(14)5-10(13)15/h2-4,9,11,14,16H,5H2,1H3,(H2,13,15)(H,17,18). The van der Waals surface area contributed by atoms with E-state index in [0.717, 1.165) is 5.56 Å². The van der Waals surface area contributed by atoms with Crippen LogP contribution in [0.2, 0.25) is 0 Å². The van der Waals surface area contributed by atoms with E-state index in [4.69, 9.17) is 10.8 Å². The van der Waals surface area contributed by atoms with Gasteiger partial charge in [0.05, 0.1) is 18.1 Å². The van der Waals surface area contributed by atoms with Crippen LogP contribution in [0.4, 0.5) is 0 Å². The Morgan fingerprint density at radius 1 is 1.33 bits per heavy atom. The first-order valence-electron chi connectivity index (χ1n) is 5.31. The Kier molecular flexibility index (Phi) is 4.41. The number of aryl methyl sites for hydroxylation is 1. The van der Waals surface area contributed by atoms with E-state index in [1.54, 1.807) is 13.0 Å². The molecular weight excluding hydrogens is 238 g/mol. The van der Waals surface area contributed by atoms with Gasteiger partial charge in [0.1, 0.15) is 6.10 Å². The Morgan fingerprint density at radius 3 is 2.44 bits per heavy atom. The Hall–Kier alpha value is -1.92. The molecule has 0 saturated carbocycles. The number of hydrogen-bond acceptors (Lipinski definition) is 4. The number of primary amides is 1. The highest BCUT2D eigenvalue weighted by Crippen LogP contribution is 2.24. The van der Waals surface area contributed by atoms with Crippen molar-refractivity contribution in [1.29, 1.82) is 0 Å². The maximum atomic E-state index is 11.0. The van der Waals surface area contributed by atoms with E-state index < -0.39 is 30.5 Å². The molecule has 6 nitrogen and oxygen atoms in total. The van der Waals surface area contributed by atoms with Gasteiger partial charge in [-0.3, -0.25) is 4.79 Å². The zero-order valence-corrected chi connectivity index (χ0v) is 9.83. The highest BCUT2D eigenvalue weighted by atomic mass is 16.4. The summed E-state index contributed by atoms with van der Waals surface area (Å²) in [6.45, 7) is 1.72. The molecule has 98 valence electrons. The second-order valence-corrected chi connectivity index (χ2v) is 4.08. The molecule has 5 N–H and O–H groups in total. The maximum absolute atomic E-state index is 11.0. The van der Waals surface area contributed by atoms with Gasteiger partial charge in [-0.05, 0) is 18.6 Å². The molecule has 0 saturated heterocycles. The molecule has 6 heteroatoms. The lowest BCUT2D eigenvalue weighted by Crippen LogP contribution is -2.26. The van der Waals surface area contributed by atoms with E-state index in [0.29, 0.717) is 0 Å². The van der Waals surface area contributed by atoms with Crippen molar-refractivity contribution in [3.05, 3.63) is 34.9 Å². The van der Waals surface area contributed by atoms with Crippen LogP contribution in [0, 0.1) is 6.92 Å². The third-order valence-corrected chi connectivity index (χ3v) is 2.53. The third kappa shape index (κ3) is 3.28. The highest BCUT2D eigenvalue weighted by molar-refractivity contribution is 5.89. The van der Waals surface area contributed by atoms with Gasteiger partial charge in [0.15, 0.2) is 0 Å². The molecule has 18 heavy (non-hydrogen) atoms. The number of rotatable bonds is 5.